The molecule has 7 unspecified atom stereocenters. The van der Waals surface area contributed by atoms with Crippen molar-refractivity contribution in [3.8, 4) is 11.8 Å². The van der Waals surface area contributed by atoms with Crippen molar-refractivity contribution in [2.75, 3.05) is 34.4 Å². The summed E-state index contributed by atoms with van der Waals surface area (Å²) in [7, 11) is 3.15. The van der Waals surface area contributed by atoms with Gasteiger partial charge in [0, 0.05) is 33.0 Å². The van der Waals surface area contributed by atoms with E-state index in [2.05, 4.69) is 44.4 Å². The average molecular weight is 585 g/mol. The molecule has 232 valence electrons. The first-order valence-corrected chi connectivity index (χ1v) is 14.9. The van der Waals surface area contributed by atoms with Crippen molar-refractivity contribution in [2.45, 2.75) is 95.4 Å². The van der Waals surface area contributed by atoms with Gasteiger partial charge in [-0.25, -0.2) is 4.79 Å². The van der Waals surface area contributed by atoms with Crippen molar-refractivity contribution in [1.29, 1.82) is 0 Å². The average Bonchev–Trinajstić information content (AvgIpc) is 2.95. The number of hydrogen-bond donors (Lipinski definition) is 0. The molecular weight excluding hydrogens is 536 g/mol. The van der Waals surface area contributed by atoms with E-state index >= 15 is 0 Å². The molecule has 8 nitrogen and oxygen atoms in total. The molecule has 3 aliphatic heterocycles. The Morgan fingerprint density at radius 2 is 1.93 bits per heavy atom. The Balaban J connectivity index is 1.84. The van der Waals surface area contributed by atoms with E-state index in [1.54, 1.807) is 14.2 Å². The lowest BCUT2D eigenvalue weighted by molar-refractivity contribution is -0.153. The van der Waals surface area contributed by atoms with Crippen molar-refractivity contribution in [3.05, 3.63) is 60.3 Å². The Morgan fingerprint density at radius 1 is 1.12 bits per heavy atom. The first kappa shape index (κ1) is 34.0. The van der Waals surface area contributed by atoms with Crippen LogP contribution >= 0.6 is 0 Å². The molecule has 0 saturated heterocycles. The molecule has 0 aromatic rings. The van der Waals surface area contributed by atoms with Gasteiger partial charge in [0.1, 0.15) is 25.8 Å². The first-order chi connectivity index (χ1) is 20.4. The van der Waals surface area contributed by atoms with Gasteiger partial charge in [-0.05, 0) is 44.9 Å². The fourth-order valence-corrected chi connectivity index (χ4v) is 5.30. The molecule has 3 aliphatic rings. The maximum atomic E-state index is 12.9. The molecule has 42 heavy (non-hydrogen) atoms. The van der Waals surface area contributed by atoms with Gasteiger partial charge in [-0.15, -0.1) is 0 Å². The second-order valence-corrected chi connectivity index (χ2v) is 11.2. The number of fused-ring (bicyclic) bond motifs is 2. The lowest BCUT2D eigenvalue weighted by atomic mass is 9.91. The highest BCUT2D eigenvalue weighted by Crippen LogP contribution is 2.26. The van der Waals surface area contributed by atoms with Crippen molar-refractivity contribution in [1.82, 2.24) is 0 Å². The van der Waals surface area contributed by atoms with Gasteiger partial charge >= 0.3 is 5.97 Å². The van der Waals surface area contributed by atoms with Crippen LogP contribution in [0.2, 0.25) is 0 Å². The maximum absolute atomic E-state index is 12.9. The Hall–Kier alpha value is -2.51. The molecule has 0 spiro atoms. The molecule has 0 amide bonds. The summed E-state index contributed by atoms with van der Waals surface area (Å²) in [4.78, 5) is 12.9. The minimum Gasteiger partial charge on any atom is -0.449 e. The highest BCUT2D eigenvalue weighted by molar-refractivity contribution is 5.88. The molecule has 0 aromatic heterocycles. The van der Waals surface area contributed by atoms with Crippen LogP contribution in [0.1, 0.15) is 58.8 Å². The lowest BCUT2D eigenvalue weighted by Gasteiger charge is -2.28. The van der Waals surface area contributed by atoms with Gasteiger partial charge in [0.05, 0.1) is 31.0 Å². The number of cyclic esters (lactones) is 1. The van der Waals surface area contributed by atoms with Crippen LogP contribution in [-0.4, -0.2) is 77.0 Å². The lowest BCUT2D eigenvalue weighted by Crippen LogP contribution is -2.33. The summed E-state index contributed by atoms with van der Waals surface area (Å²) in [5.74, 6) is 5.39. The Bertz CT molecular complexity index is 1030. The molecule has 0 aromatic carbocycles. The molecule has 7 atom stereocenters. The van der Waals surface area contributed by atoms with Crippen LogP contribution in [0.5, 0.6) is 0 Å². The van der Waals surface area contributed by atoms with Crippen LogP contribution in [-0.2, 0) is 38.0 Å². The second kappa shape index (κ2) is 18.9. The predicted octanol–water partition coefficient (Wildman–Crippen LogP) is 5.60. The smallest absolute Gasteiger partial charge is 0.384 e. The third-order valence-corrected chi connectivity index (χ3v) is 7.31. The van der Waals surface area contributed by atoms with E-state index in [0.29, 0.717) is 31.8 Å². The van der Waals surface area contributed by atoms with Crippen LogP contribution in [0.15, 0.2) is 60.3 Å². The maximum Gasteiger partial charge on any atom is 0.384 e. The molecule has 0 radical (unpaired) electrons. The van der Waals surface area contributed by atoms with Crippen LogP contribution < -0.4 is 0 Å². The van der Waals surface area contributed by atoms with Crippen molar-refractivity contribution < 1.29 is 38.0 Å². The van der Waals surface area contributed by atoms with Gasteiger partial charge in [0.15, 0.2) is 0 Å². The monoisotopic (exact) mass is 584 g/mol. The van der Waals surface area contributed by atoms with E-state index in [1.165, 1.54) is 5.57 Å². The summed E-state index contributed by atoms with van der Waals surface area (Å²) in [6.45, 7) is 9.41. The molecule has 3 heterocycles. The molecule has 0 saturated carbocycles. The van der Waals surface area contributed by atoms with E-state index < -0.39 is 18.2 Å². The zero-order valence-electron chi connectivity index (χ0n) is 25.6. The number of methoxy groups -OCH3 is 2. The van der Waals surface area contributed by atoms with E-state index in [1.807, 2.05) is 30.4 Å². The van der Waals surface area contributed by atoms with E-state index in [9.17, 15) is 4.79 Å². The SMILES string of the molecule is C=C1CC(C)CC2CC=CC(CC#CC(=O)OC(C(/C=C/C3CC(C)=CCO3)OCOC)C/C=C\C(OCOC)C1)O2. The molecule has 8 heteroatoms. The highest BCUT2D eigenvalue weighted by atomic mass is 16.7. The van der Waals surface area contributed by atoms with Crippen LogP contribution in [0, 0.1) is 17.8 Å². The zero-order valence-corrected chi connectivity index (χ0v) is 25.6. The Morgan fingerprint density at radius 3 is 2.71 bits per heavy atom. The topological polar surface area (TPSA) is 81.7 Å². The number of hydrogen-bond acceptors (Lipinski definition) is 8. The third-order valence-electron chi connectivity index (χ3n) is 7.31. The van der Waals surface area contributed by atoms with E-state index in [4.69, 9.17) is 33.2 Å². The molecule has 0 aliphatic carbocycles. The number of esters is 1. The minimum atomic E-state index is -0.657. The predicted molar refractivity (Wildman–Crippen MR) is 161 cm³/mol. The van der Waals surface area contributed by atoms with Gasteiger partial charge < -0.3 is 33.2 Å². The van der Waals surface area contributed by atoms with Gasteiger partial charge in [-0.3, -0.25) is 0 Å². The van der Waals surface area contributed by atoms with Crippen LogP contribution in [0.3, 0.4) is 0 Å². The molecule has 0 N–H and O–H groups in total. The molecule has 3 rings (SSSR count). The fraction of sp³-hybridized carbons (Fsp3) is 0.618. The third kappa shape index (κ3) is 12.8. The summed E-state index contributed by atoms with van der Waals surface area (Å²) in [5, 5.41) is 0. The molecule has 2 bridgehead atoms. The molecular formula is C34H48O8. The summed E-state index contributed by atoms with van der Waals surface area (Å²) in [6, 6.07) is 0. The van der Waals surface area contributed by atoms with E-state index in [0.717, 1.165) is 31.3 Å². The van der Waals surface area contributed by atoms with Gasteiger partial charge in [-0.1, -0.05) is 73.1 Å². The van der Waals surface area contributed by atoms with Crippen LogP contribution in [0.25, 0.3) is 0 Å². The largest absolute Gasteiger partial charge is 0.449 e. The number of rotatable bonds is 9. The highest BCUT2D eigenvalue weighted by Gasteiger charge is 2.25. The zero-order chi connectivity index (χ0) is 30.2. The summed E-state index contributed by atoms with van der Waals surface area (Å²) in [6.07, 6.45) is 17.3. The quantitative estimate of drug-likeness (QED) is 0.114. The molecule has 0 fully saturated rings. The number of carbonyl (C=O) groups is 1. The number of carbonyl (C=O) groups excluding carboxylic acids is 1. The van der Waals surface area contributed by atoms with Crippen molar-refractivity contribution in [2.24, 2.45) is 5.92 Å². The normalized spacial score (nSPS) is 31.3. The van der Waals surface area contributed by atoms with E-state index in [-0.39, 0.29) is 38.0 Å². The van der Waals surface area contributed by atoms with Crippen molar-refractivity contribution >= 4 is 5.97 Å². The standard InChI is InChI=1S/C34H48O8/c1-25-17-18-38-30(20-25)15-16-32(40-24-37-5)33-13-7-11-29(39-23-36-4)21-26(2)19-27(3)22-31-12-6-9-28(41-31)10-8-14-34(35)42-33/h6-7,9,11,15-17,27-33H,2,10,12-13,18-24H2,1,3-5H3/b11-7-,16-15+. The second-order valence-electron chi connectivity index (χ2n) is 11.2. The van der Waals surface area contributed by atoms with Crippen LogP contribution in [0.4, 0.5) is 0 Å². The minimum absolute atomic E-state index is 0.0347. The summed E-state index contributed by atoms with van der Waals surface area (Å²) >= 11 is 0. The van der Waals surface area contributed by atoms with Gasteiger partial charge in [0.25, 0.3) is 0 Å². The Labute approximate surface area is 251 Å². The summed E-state index contributed by atoms with van der Waals surface area (Å²) < 4.78 is 40.3. The van der Waals surface area contributed by atoms with Gasteiger partial charge in [-0.2, -0.15) is 0 Å². The Kier molecular flexibility index (Phi) is 15.3. The number of ether oxygens (including phenoxy) is 7. The fourth-order valence-electron chi connectivity index (χ4n) is 5.30. The van der Waals surface area contributed by atoms with Gasteiger partial charge in [0.2, 0.25) is 0 Å². The first-order valence-electron chi connectivity index (χ1n) is 14.9. The summed E-state index contributed by atoms with van der Waals surface area (Å²) in [5.41, 5.74) is 2.37. The van der Waals surface area contributed by atoms with Crippen molar-refractivity contribution in [3.63, 3.8) is 0 Å².